The summed E-state index contributed by atoms with van der Waals surface area (Å²) in [6.45, 7) is 4.08. The zero-order valence-electron chi connectivity index (χ0n) is 20.5. The maximum absolute atomic E-state index is 13.6. The highest BCUT2D eigenvalue weighted by atomic mass is 16.6. The minimum atomic E-state index is -1.32. The molecular weight excluding hydrogens is 456 g/mol. The summed E-state index contributed by atoms with van der Waals surface area (Å²) < 4.78 is 5.77. The molecule has 6 rings (SSSR count). The summed E-state index contributed by atoms with van der Waals surface area (Å²) in [4.78, 5) is 42.9. The molecule has 1 spiro atoms. The third kappa shape index (κ3) is 4.03. The number of carbonyl (C=O) groups excluding carboxylic acids is 3. The van der Waals surface area contributed by atoms with Crippen LogP contribution in [-0.2, 0) is 32.9 Å². The molecule has 4 aliphatic rings. The van der Waals surface area contributed by atoms with Crippen LogP contribution in [0.25, 0.3) is 0 Å². The molecule has 188 valence electrons. The van der Waals surface area contributed by atoms with E-state index in [1.54, 1.807) is 0 Å². The topological polar surface area (TPSA) is 91.0 Å². The number of amides is 3. The van der Waals surface area contributed by atoms with Crippen LogP contribution in [0.5, 0.6) is 0 Å². The summed E-state index contributed by atoms with van der Waals surface area (Å²) >= 11 is 0. The van der Waals surface area contributed by atoms with E-state index in [1.807, 2.05) is 47.4 Å². The molecule has 8 heteroatoms. The number of aryl methyl sites for hydroxylation is 1. The molecule has 36 heavy (non-hydrogen) atoms. The molecule has 8 nitrogen and oxygen atoms in total. The van der Waals surface area contributed by atoms with E-state index in [0.29, 0.717) is 31.3 Å². The standard InChI is InChI=1S/C28H32N4O4/c1-18(20-7-8-20)31(16-19-5-3-2-4-6-19)25(33)17-32-26(34)28(36-27(32)35)12-11-21-13-22(9-10-24(21)28)30-23-14-29-15-23/h2-6,9-10,13,18,20,23,29-30H,7-8,11-12,14-17H2,1H3/t18?,28-/m0/s1. The second kappa shape index (κ2) is 8.92. The predicted octanol–water partition coefficient (Wildman–Crippen LogP) is 3.02. The molecule has 0 radical (unpaired) electrons. The molecule has 2 saturated heterocycles. The second-order valence-electron chi connectivity index (χ2n) is 10.5. The zero-order chi connectivity index (χ0) is 24.9. The van der Waals surface area contributed by atoms with Crippen molar-refractivity contribution in [1.82, 2.24) is 15.1 Å². The van der Waals surface area contributed by atoms with Gasteiger partial charge in [-0.3, -0.25) is 9.59 Å². The Kier molecular flexibility index (Phi) is 5.71. The number of hydrogen-bond acceptors (Lipinski definition) is 6. The maximum Gasteiger partial charge on any atom is 0.418 e. The number of benzene rings is 2. The van der Waals surface area contributed by atoms with Gasteiger partial charge in [-0.25, -0.2) is 9.69 Å². The summed E-state index contributed by atoms with van der Waals surface area (Å²) in [5.74, 6) is -0.194. The van der Waals surface area contributed by atoms with E-state index in [0.717, 1.165) is 53.2 Å². The molecule has 2 aromatic carbocycles. The molecule has 3 amide bonds. The molecule has 3 fully saturated rings. The first-order chi connectivity index (χ1) is 17.4. The summed E-state index contributed by atoms with van der Waals surface area (Å²) in [5.41, 5.74) is 2.45. The highest BCUT2D eigenvalue weighted by molar-refractivity contribution is 6.06. The van der Waals surface area contributed by atoms with Crippen LogP contribution in [0.1, 0.15) is 42.9 Å². The Morgan fingerprint density at radius 2 is 1.97 bits per heavy atom. The van der Waals surface area contributed by atoms with Gasteiger partial charge < -0.3 is 20.3 Å². The number of rotatable bonds is 8. The first-order valence-corrected chi connectivity index (χ1v) is 12.9. The minimum Gasteiger partial charge on any atom is -0.427 e. The molecular formula is C28H32N4O4. The molecule has 0 aromatic heterocycles. The Balaban J connectivity index is 1.20. The molecule has 2 aliphatic carbocycles. The third-order valence-electron chi connectivity index (χ3n) is 8.12. The fourth-order valence-electron chi connectivity index (χ4n) is 5.67. The quantitative estimate of drug-likeness (QED) is 0.594. The third-order valence-corrected chi connectivity index (χ3v) is 8.12. The van der Waals surface area contributed by atoms with Gasteiger partial charge >= 0.3 is 6.09 Å². The van der Waals surface area contributed by atoms with Gasteiger partial charge in [0.25, 0.3) is 5.91 Å². The fourth-order valence-corrected chi connectivity index (χ4v) is 5.67. The van der Waals surface area contributed by atoms with Crippen molar-refractivity contribution in [1.29, 1.82) is 0 Å². The number of hydrogen-bond donors (Lipinski definition) is 2. The Morgan fingerprint density at radius 3 is 2.67 bits per heavy atom. The predicted molar refractivity (Wildman–Crippen MR) is 134 cm³/mol. The van der Waals surface area contributed by atoms with Crippen LogP contribution in [0.3, 0.4) is 0 Å². The Morgan fingerprint density at radius 1 is 1.19 bits per heavy atom. The van der Waals surface area contributed by atoms with Gasteiger partial charge in [-0.05, 0) is 55.4 Å². The van der Waals surface area contributed by atoms with Gasteiger partial charge in [0.2, 0.25) is 11.5 Å². The lowest BCUT2D eigenvalue weighted by atomic mass is 9.94. The van der Waals surface area contributed by atoms with Crippen LogP contribution >= 0.6 is 0 Å². The number of nitrogens with zero attached hydrogens (tertiary/aromatic N) is 2. The molecule has 2 atom stereocenters. The second-order valence-corrected chi connectivity index (χ2v) is 10.5. The molecule has 2 N–H and O–H groups in total. The van der Waals surface area contributed by atoms with Crippen molar-refractivity contribution in [3.05, 3.63) is 65.2 Å². The number of nitrogens with one attached hydrogen (secondary N) is 2. The zero-order valence-corrected chi connectivity index (χ0v) is 20.5. The van der Waals surface area contributed by atoms with E-state index < -0.39 is 17.6 Å². The summed E-state index contributed by atoms with van der Waals surface area (Å²) in [6, 6.07) is 16.2. The van der Waals surface area contributed by atoms with Crippen LogP contribution in [0, 0.1) is 5.92 Å². The van der Waals surface area contributed by atoms with E-state index in [-0.39, 0.29) is 18.5 Å². The average molecular weight is 489 g/mol. The van der Waals surface area contributed by atoms with E-state index >= 15 is 0 Å². The number of anilines is 1. The number of fused-ring (bicyclic) bond motifs is 2. The Hall–Kier alpha value is -3.39. The Labute approximate surface area is 211 Å². The van der Waals surface area contributed by atoms with Crippen LogP contribution in [-0.4, -0.2) is 59.4 Å². The minimum absolute atomic E-state index is 0.0457. The van der Waals surface area contributed by atoms with Gasteiger partial charge in [0.05, 0.1) is 6.04 Å². The largest absolute Gasteiger partial charge is 0.427 e. The van der Waals surface area contributed by atoms with Gasteiger partial charge in [0.1, 0.15) is 6.54 Å². The van der Waals surface area contributed by atoms with Gasteiger partial charge in [0.15, 0.2) is 0 Å². The molecule has 1 unspecified atom stereocenters. The highest BCUT2D eigenvalue weighted by Crippen LogP contribution is 2.46. The average Bonchev–Trinajstić information content (AvgIpc) is 3.61. The van der Waals surface area contributed by atoms with E-state index in [9.17, 15) is 14.4 Å². The summed E-state index contributed by atoms with van der Waals surface area (Å²) in [7, 11) is 0. The number of carbonyl (C=O) groups is 3. The lowest BCUT2D eigenvalue weighted by Crippen LogP contribution is -2.51. The van der Waals surface area contributed by atoms with Gasteiger partial charge in [-0.2, -0.15) is 0 Å². The number of imide groups is 1. The van der Waals surface area contributed by atoms with Crippen LogP contribution in [0.15, 0.2) is 48.5 Å². The smallest absolute Gasteiger partial charge is 0.418 e. The first kappa shape index (κ1) is 23.0. The lowest BCUT2D eigenvalue weighted by molar-refractivity contribution is -0.143. The van der Waals surface area contributed by atoms with Crippen LogP contribution in [0.4, 0.5) is 10.5 Å². The molecule has 2 aromatic rings. The summed E-state index contributed by atoms with van der Waals surface area (Å²) in [6.07, 6.45) is 2.50. The fraction of sp³-hybridized carbons (Fsp3) is 0.464. The van der Waals surface area contributed by atoms with Crippen molar-refractivity contribution in [3.63, 3.8) is 0 Å². The lowest BCUT2D eigenvalue weighted by Gasteiger charge is -2.30. The molecule has 0 bridgehead atoms. The van der Waals surface area contributed by atoms with Gasteiger partial charge in [-0.1, -0.05) is 36.4 Å². The molecule has 2 heterocycles. The van der Waals surface area contributed by atoms with Gasteiger partial charge in [-0.15, -0.1) is 0 Å². The van der Waals surface area contributed by atoms with Crippen molar-refractivity contribution >= 4 is 23.6 Å². The van der Waals surface area contributed by atoms with E-state index in [2.05, 4.69) is 23.6 Å². The van der Waals surface area contributed by atoms with Crippen molar-refractivity contribution < 1.29 is 19.1 Å². The normalized spacial score (nSPS) is 23.9. The van der Waals surface area contributed by atoms with Crippen LogP contribution in [0.2, 0.25) is 0 Å². The number of ether oxygens (including phenoxy) is 1. The highest BCUT2D eigenvalue weighted by Gasteiger charge is 2.58. The van der Waals surface area contributed by atoms with Crippen molar-refractivity contribution in [2.75, 3.05) is 25.0 Å². The SMILES string of the molecule is CC(C1CC1)N(Cc1ccccc1)C(=O)CN1C(=O)O[C@]2(CCc3cc(NC4CNC4)ccc32)C1=O. The molecule has 1 saturated carbocycles. The first-order valence-electron chi connectivity index (χ1n) is 12.9. The maximum atomic E-state index is 13.6. The van der Waals surface area contributed by atoms with Crippen molar-refractivity contribution in [2.24, 2.45) is 5.92 Å². The monoisotopic (exact) mass is 488 g/mol. The van der Waals surface area contributed by atoms with Crippen LogP contribution < -0.4 is 10.6 Å². The van der Waals surface area contributed by atoms with E-state index in [1.165, 1.54) is 0 Å². The van der Waals surface area contributed by atoms with Crippen molar-refractivity contribution in [2.45, 2.75) is 56.8 Å². The Bertz CT molecular complexity index is 1190. The van der Waals surface area contributed by atoms with Crippen molar-refractivity contribution in [3.8, 4) is 0 Å². The van der Waals surface area contributed by atoms with E-state index in [4.69, 9.17) is 4.74 Å². The molecule has 2 aliphatic heterocycles. The summed E-state index contributed by atoms with van der Waals surface area (Å²) in [5, 5.41) is 6.72. The van der Waals surface area contributed by atoms with Gasteiger partial charge in [0, 0.05) is 43.3 Å².